The van der Waals surface area contributed by atoms with Gasteiger partial charge in [-0.15, -0.1) is 0 Å². The molecule has 102 valence electrons. The van der Waals surface area contributed by atoms with Crippen molar-refractivity contribution < 1.29 is 22.3 Å². The highest BCUT2D eigenvalue weighted by Crippen LogP contribution is 2.29. The molecule has 6 heteroatoms. The van der Waals surface area contributed by atoms with Crippen LogP contribution in [-0.2, 0) is 6.18 Å². The molecular formula is C13H11F3O3. The quantitative estimate of drug-likeness (QED) is 0.801. The zero-order chi connectivity index (χ0) is 14.0. The Morgan fingerprint density at radius 3 is 2.63 bits per heavy atom. The van der Waals surface area contributed by atoms with Gasteiger partial charge in [0.1, 0.15) is 16.9 Å². The Hall–Kier alpha value is -1.98. The highest BCUT2D eigenvalue weighted by molar-refractivity contribution is 5.78. The SMILES string of the molecule is CCCOc1ccc2oc(=O)c(C(F)(F)F)cc2c1. The lowest BCUT2D eigenvalue weighted by atomic mass is 10.1. The maximum atomic E-state index is 12.6. The summed E-state index contributed by atoms with van der Waals surface area (Å²) in [7, 11) is 0. The molecule has 0 aliphatic rings. The molecule has 0 fully saturated rings. The van der Waals surface area contributed by atoms with E-state index in [1.807, 2.05) is 6.92 Å². The number of alkyl halides is 3. The smallest absolute Gasteiger partial charge is 0.423 e. The van der Waals surface area contributed by atoms with Crippen molar-refractivity contribution >= 4 is 11.0 Å². The van der Waals surface area contributed by atoms with Gasteiger partial charge in [-0.05, 0) is 30.7 Å². The summed E-state index contributed by atoms with van der Waals surface area (Å²) in [6.07, 6.45) is -3.94. The average Bonchev–Trinajstić information content (AvgIpc) is 2.34. The molecule has 2 aromatic rings. The predicted octanol–water partition coefficient (Wildman–Crippen LogP) is 3.60. The number of ether oxygens (including phenoxy) is 1. The van der Waals surface area contributed by atoms with E-state index in [1.165, 1.54) is 12.1 Å². The van der Waals surface area contributed by atoms with Gasteiger partial charge in [0.2, 0.25) is 0 Å². The highest BCUT2D eigenvalue weighted by atomic mass is 19.4. The summed E-state index contributed by atoms with van der Waals surface area (Å²) in [4.78, 5) is 11.2. The van der Waals surface area contributed by atoms with Crippen molar-refractivity contribution in [1.82, 2.24) is 0 Å². The van der Waals surface area contributed by atoms with Gasteiger partial charge >= 0.3 is 11.8 Å². The number of hydrogen-bond acceptors (Lipinski definition) is 3. The molecule has 0 saturated heterocycles. The first-order chi connectivity index (χ1) is 8.91. The summed E-state index contributed by atoms with van der Waals surface area (Å²) in [5.74, 6) is 0.441. The van der Waals surface area contributed by atoms with Crippen LogP contribution in [0.25, 0.3) is 11.0 Å². The first-order valence-corrected chi connectivity index (χ1v) is 5.69. The Labute approximate surface area is 106 Å². The standard InChI is InChI=1S/C13H11F3O3/c1-2-5-18-9-3-4-11-8(6-9)7-10(12(17)19-11)13(14,15)16/h3-4,6-7H,2,5H2,1H3. The number of fused-ring (bicyclic) bond motifs is 1. The van der Waals surface area contributed by atoms with Crippen molar-refractivity contribution in [2.75, 3.05) is 6.61 Å². The van der Waals surface area contributed by atoms with Crippen LogP contribution in [0.5, 0.6) is 5.75 Å². The van der Waals surface area contributed by atoms with Crippen LogP contribution in [0.2, 0.25) is 0 Å². The Kier molecular flexibility index (Phi) is 3.50. The molecule has 1 aromatic carbocycles. The van der Waals surface area contributed by atoms with E-state index in [4.69, 9.17) is 4.74 Å². The molecule has 3 nitrogen and oxygen atoms in total. The fourth-order valence-corrected chi connectivity index (χ4v) is 1.61. The Bertz CT molecular complexity index is 644. The summed E-state index contributed by atoms with van der Waals surface area (Å²) >= 11 is 0. The van der Waals surface area contributed by atoms with E-state index in [2.05, 4.69) is 4.42 Å². The van der Waals surface area contributed by atoms with E-state index in [0.29, 0.717) is 12.4 Å². The predicted molar refractivity (Wildman–Crippen MR) is 63.3 cm³/mol. The van der Waals surface area contributed by atoms with E-state index in [0.717, 1.165) is 12.5 Å². The molecule has 0 spiro atoms. The second-order valence-electron chi connectivity index (χ2n) is 3.99. The van der Waals surface area contributed by atoms with Crippen molar-refractivity contribution in [3.8, 4) is 5.75 Å². The molecule has 0 aliphatic carbocycles. The summed E-state index contributed by atoms with van der Waals surface area (Å²) in [5, 5.41) is 0.181. The molecule has 0 aliphatic heterocycles. The Morgan fingerprint density at radius 2 is 2.00 bits per heavy atom. The van der Waals surface area contributed by atoms with Gasteiger partial charge in [0.15, 0.2) is 0 Å². The molecular weight excluding hydrogens is 261 g/mol. The van der Waals surface area contributed by atoms with Gasteiger partial charge in [0.25, 0.3) is 0 Å². The molecule has 0 amide bonds. The molecule has 0 atom stereocenters. The fraction of sp³-hybridized carbons (Fsp3) is 0.308. The molecule has 0 bridgehead atoms. The van der Waals surface area contributed by atoms with E-state index in [1.54, 1.807) is 6.07 Å². The van der Waals surface area contributed by atoms with Crippen LogP contribution in [0, 0.1) is 0 Å². The fourth-order valence-electron chi connectivity index (χ4n) is 1.61. The largest absolute Gasteiger partial charge is 0.494 e. The van der Waals surface area contributed by atoms with Crippen molar-refractivity contribution in [2.24, 2.45) is 0 Å². The highest BCUT2D eigenvalue weighted by Gasteiger charge is 2.35. The van der Waals surface area contributed by atoms with Gasteiger partial charge in [-0.1, -0.05) is 6.92 Å². The molecule has 1 heterocycles. The van der Waals surface area contributed by atoms with Crippen molar-refractivity contribution in [1.29, 1.82) is 0 Å². The van der Waals surface area contributed by atoms with E-state index in [9.17, 15) is 18.0 Å². The molecule has 2 rings (SSSR count). The molecule has 0 saturated carbocycles. The van der Waals surface area contributed by atoms with Gasteiger partial charge < -0.3 is 9.15 Å². The van der Waals surface area contributed by atoms with Crippen LogP contribution >= 0.6 is 0 Å². The zero-order valence-electron chi connectivity index (χ0n) is 10.1. The Morgan fingerprint density at radius 1 is 1.26 bits per heavy atom. The van der Waals surface area contributed by atoms with Crippen LogP contribution in [0.1, 0.15) is 18.9 Å². The van der Waals surface area contributed by atoms with Crippen LogP contribution in [0.3, 0.4) is 0 Å². The summed E-state index contributed by atoms with van der Waals surface area (Å²) in [6.45, 7) is 2.39. The minimum atomic E-state index is -4.73. The summed E-state index contributed by atoms with van der Waals surface area (Å²) in [5.41, 5.74) is -2.60. The summed E-state index contributed by atoms with van der Waals surface area (Å²) < 4.78 is 47.7. The molecule has 0 unspecified atom stereocenters. The first kappa shape index (κ1) is 13.5. The molecule has 1 aromatic heterocycles. The van der Waals surface area contributed by atoms with Gasteiger partial charge in [-0.25, -0.2) is 4.79 Å². The summed E-state index contributed by atoms with van der Waals surface area (Å²) in [6, 6.07) is 5.17. The van der Waals surface area contributed by atoms with Gasteiger partial charge in [-0.2, -0.15) is 13.2 Å². The third-order valence-electron chi connectivity index (χ3n) is 2.48. The van der Waals surface area contributed by atoms with E-state index < -0.39 is 17.4 Å². The number of rotatable bonds is 3. The number of benzene rings is 1. The lowest BCUT2D eigenvalue weighted by Gasteiger charge is -2.08. The monoisotopic (exact) mass is 272 g/mol. The second-order valence-corrected chi connectivity index (χ2v) is 3.99. The first-order valence-electron chi connectivity index (χ1n) is 5.69. The van der Waals surface area contributed by atoms with Gasteiger partial charge in [-0.3, -0.25) is 0 Å². The zero-order valence-corrected chi connectivity index (χ0v) is 10.1. The number of hydrogen-bond donors (Lipinski definition) is 0. The van der Waals surface area contributed by atoms with Crippen LogP contribution in [0.4, 0.5) is 13.2 Å². The van der Waals surface area contributed by atoms with Crippen molar-refractivity contribution in [3.05, 3.63) is 40.2 Å². The van der Waals surface area contributed by atoms with E-state index >= 15 is 0 Å². The van der Waals surface area contributed by atoms with Crippen LogP contribution in [-0.4, -0.2) is 6.61 Å². The molecule has 0 radical (unpaired) electrons. The average molecular weight is 272 g/mol. The third-order valence-corrected chi connectivity index (χ3v) is 2.48. The molecule has 0 N–H and O–H groups in total. The maximum Gasteiger partial charge on any atom is 0.423 e. The van der Waals surface area contributed by atoms with Gasteiger partial charge in [0.05, 0.1) is 6.61 Å². The normalized spacial score (nSPS) is 11.8. The van der Waals surface area contributed by atoms with E-state index in [-0.39, 0.29) is 11.0 Å². The van der Waals surface area contributed by atoms with Gasteiger partial charge in [0, 0.05) is 5.39 Å². The maximum absolute atomic E-state index is 12.6. The third kappa shape index (κ3) is 2.89. The number of halogens is 3. The lowest BCUT2D eigenvalue weighted by Crippen LogP contribution is -2.17. The Balaban J connectivity index is 2.52. The minimum Gasteiger partial charge on any atom is -0.494 e. The topological polar surface area (TPSA) is 39.4 Å². The van der Waals surface area contributed by atoms with Crippen molar-refractivity contribution in [3.63, 3.8) is 0 Å². The van der Waals surface area contributed by atoms with Crippen molar-refractivity contribution in [2.45, 2.75) is 19.5 Å². The lowest BCUT2D eigenvalue weighted by molar-refractivity contribution is -0.139. The molecule has 19 heavy (non-hydrogen) atoms. The second kappa shape index (κ2) is 4.95. The minimum absolute atomic E-state index is 0.0989. The van der Waals surface area contributed by atoms with Crippen LogP contribution in [0.15, 0.2) is 33.5 Å². The van der Waals surface area contributed by atoms with Crippen LogP contribution < -0.4 is 10.4 Å².